The highest BCUT2D eigenvalue weighted by Crippen LogP contribution is 2.19. The molecule has 0 saturated carbocycles. The van der Waals surface area contributed by atoms with E-state index in [4.69, 9.17) is 0 Å². The number of amides is 2. The summed E-state index contributed by atoms with van der Waals surface area (Å²) in [4.78, 5) is 31.1. The third kappa shape index (κ3) is 4.03. The van der Waals surface area contributed by atoms with Gasteiger partial charge in [-0.15, -0.1) is 0 Å². The molecule has 2 aliphatic heterocycles. The Bertz CT molecular complexity index is 798. The summed E-state index contributed by atoms with van der Waals surface area (Å²) in [5.74, 6) is -0.102. The number of nitrogens with zero attached hydrogens (tertiary/aromatic N) is 3. The maximum absolute atomic E-state index is 12.8. The first kappa shape index (κ1) is 17.7. The summed E-state index contributed by atoms with van der Waals surface area (Å²) in [6, 6.07) is 17.5. The Morgan fingerprint density at radius 1 is 0.852 bits per heavy atom. The van der Waals surface area contributed by atoms with E-state index in [1.54, 1.807) is 9.80 Å². The van der Waals surface area contributed by atoms with E-state index in [0.29, 0.717) is 18.7 Å². The van der Waals surface area contributed by atoms with Gasteiger partial charge in [-0.3, -0.25) is 14.5 Å². The van der Waals surface area contributed by atoms with Gasteiger partial charge in [0.15, 0.2) is 0 Å². The van der Waals surface area contributed by atoms with Crippen molar-refractivity contribution >= 4 is 17.5 Å². The fraction of sp³-hybridized carbons (Fsp3) is 0.364. The van der Waals surface area contributed by atoms with Crippen LogP contribution in [0.5, 0.6) is 0 Å². The second-order valence-corrected chi connectivity index (χ2v) is 7.29. The van der Waals surface area contributed by atoms with Crippen LogP contribution in [0.3, 0.4) is 0 Å². The van der Waals surface area contributed by atoms with Gasteiger partial charge in [0, 0.05) is 30.9 Å². The molecule has 5 heteroatoms. The topological polar surface area (TPSA) is 43.9 Å². The third-order valence-corrected chi connectivity index (χ3v) is 5.38. The molecule has 0 unspecified atom stereocenters. The summed E-state index contributed by atoms with van der Waals surface area (Å²) in [5, 5.41) is 0. The van der Waals surface area contributed by atoms with Crippen LogP contribution in [-0.2, 0) is 11.3 Å². The summed E-state index contributed by atoms with van der Waals surface area (Å²) in [6.45, 7) is 4.48. The van der Waals surface area contributed by atoms with E-state index in [-0.39, 0.29) is 18.4 Å². The summed E-state index contributed by atoms with van der Waals surface area (Å²) >= 11 is 0. The zero-order chi connectivity index (χ0) is 18.6. The van der Waals surface area contributed by atoms with Gasteiger partial charge in [0.05, 0.1) is 0 Å². The van der Waals surface area contributed by atoms with Gasteiger partial charge >= 0.3 is 0 Å². The molecular weight excluding hydrogens is 338 g/mol. The molecule has 2 aromatic carbocycles. The highest BCUT2D eigenvalue weighted by atomic mass is 16.2. The Labute approximate surface area is 160 Å². The number of carbonyl (C=O) groups excluding carboxylic acids is 2. The normalized spacial score (nSPS) is 18.1. The van der Waals surface area contributed by atoms with Crippen molar-refractivity contribution in [2.75, 3.05) is 37.6 Å². The Morgan fingerprint density at radius 2 is 1.56 bits per heavy atom. The number of para-hydroxylation sites is 1. The highest BCUT2D eigenvalue weighted by molar-refractivity contribution is 6.01. The molecule has 0 atom stereocenters. The number of hydrogen-bond donors (Lipinski definition) is 0. The first-order chi connectivity index (χ1) is 13.2. The average molecular weight is 363 g/mol. The first-order valence-corrected chi connectivity index (χ1v) is 9.67. The van der Waals surface area contributed by atoms with Gasteiger partial charge in [-0.25, -0.2) is 0 Å². The van der Waals surface area contributed by atoms with Crippen LogP contribution in [0.1, 0.15) is 28.8 Å². The van der Waals surface area contributed by atoms with Crippen molar-refractivity contribution in [2.45, 2.75) is 19.4 Å². The largest absolute Gasteiger partial charge is 0.328 e. The summed E-state index contributed by atoms with van der Waals surface area (Å²) in [7, 11) is 0. The summed E-state index contributed by atoms with van der Waals surface area (Å²) in [6.07, 6.45) is 2.55. The van der Waals surface area contributed by atoms with Crippen molar-refractivity contribution in [1.82, 2.24) is 9.80 Å². The van der Waals surface area contributed by atoms with Crippen LogP contribution in [0, 0.1) is 0 Å². The van der Waals surface area contributed by atoms with Crippen LogP contribution in [0.25, 0.3) is 0 Å². The second-order valence-electron chi connectivity index (χ2n) is 7.29. The van der Waals surface area contributed by atoms with Gasteiger partial charge < -0.3 is 9.80 Å². The molecule has 2 heterocycles. The molecule has 2 amide bonds. The number of carbonyl (C=O) groups is 2. The monoisotopic (exact) mass is 363 g/mol. The molecule has 0 aromatic heterocycles. The van der Waals surface area contributed by atoms with E-state index in [0.717, 1.165) is 25.3 Å². The minimum Gasteiger partial charge on any atom is -0.328 e. The molecule has 27 heavy (non-hydrogen) atoms. The number of likely N-dealkylation sites (tertiary alicyclic amines) is 1. The molecule has 4 rings (SSSR count). The van der Waals surface area contributed by atoms with Gasteiger partial charge in [-0.05, 0) is 55.8 Å². The predicted molar refractivity (Wildman–Crippen MR) is 106 cm³/mol. The molecule has 0 bridgehead atoms. The van der Waals surface area contributed by atoms with Crippen LogP contribution in [0.15, 0.2) is 54.6 Å². The molecule has 0 radical (unpaired) electrons. The van der Waals surface area contributed by atoms with Gasteiger partial charge in [-0.2, -0.15) is 0 Å². The molecule has 0 spiro atoms. The molecule has 2 aromatic rings. The fourth-order valence-electron chi connectivity index (χ4n) is 3.86. The lowest BCUT2D eigenvalue weighted by Crippen LogP contribution is -2.52. The van der Waals surface area contributed by atoms with E-state index in [1.165, 1.54) is 18.4 Å². The van der Waals surface area contributed by atoms with E-state index in [2.05, 4.69) is 4.90 Å². The molecule has 0 N–H and O–H groups in total. The predicted octanol–water partition coefficient (Wildman–Crippen LogP) is 2.77. The summed E-state index contributed by atoms with van der Waals surface area (Å²) in [5.41, 5.74) is 2.78. The number of rotatable bonds is 4. The lowest BCUT2D eigenvalue weighted by molar-refractivity contribution is -0.120. The van der Waals surface area contributed by atoms with Crippen LogP contribution in [0.2, 0.25) is 0 Å². The fourth-order valence-corrected chi connectivity index (χ4v) is 3.86. The second kappa shape index (κ2) is 7.92. The third-order valence-electron chi connectivity index (χ3n) is 5.38. The zero-order valence-corrected chi connectivity index (χ0v) is 15.5. The van der Waals surface area contributed by atoms with Crippen molar-refractivity contribution in [2.24, 2.45) is 0 Å². The maximum atomic E-state index is 12.8. The van der Waals surface area contributed by atoms with E-state index >= 15 is 0 Å². The van der Waals surface area contributed by atoms with E-state index in [9.17, 15) is 9.59 Å². The van der Waals surface area contributed by atoms with E-state index < -0.39 is 0 Å². The Balaban J connectivity index is 1.37. The highest BCUT2D eigenvalue weighted by Gasteiger charge is 2.28. The van der Waals surface area contributed by atoms with Crippen molar-refractivity contribution in [3.8, 4) is 0 Å². The van der Waals surface area contributed by atoms with Crippen LogP contribution in [-0.4, -0.2) is 54.3 Å². The van der Waals surface area contributed by atoms with Gasteiger partial charge in [0.1, 0.15) is 6.54 Å². The van der Waals surface area contributed by atoms with Gasteiger partial charge in [0.25, 0.3) is 5.91 Å². The van der Waals surface area contributed by atoms with Crippen molar-refractivity contribution in [3.63, 3.8) is 0 Å². The molecule has 2 fully saturated rings. The average Bonchev–Trinajstić information content (AvgIpc) is 3.22. The van der Waals surface area contributed by atoms with Crippen LogP contribution >= 0.6 is 0 Å². The Hall–Kier alpha value is -2.66. The number of anilines is 1. The smallest absolute Gasteiger partial charge is 0.254 e. The van der Waals surface area contributed by atoms with Gasteiger partial charge in [0.2, 0.25) is 5.91 Å². The minimum absolute atomic E-state index is 0.0357. The zero-order valence-electron chi connectivity index (χ0n) is 15.5. The maximum Gasteiger partial charge on any atom is 0.254 e. The summed E-state index contributed by atoms with van der Waals surface area (Å²) < 4.78 is 0. The molecule has 2 aliphatic rings. The quantitative estimate of drug-likeness (QED) is 0.839. The molecule has 0 aliphatic carbocycles. The number of piperazine rings is 1. The van der Waals surface area contributed by atoms with Crippen LogP contribution < -0.4 is 4.90 Å². The molecule has 140 valence electrons. The lowest BCUT2D eigenvalue weighted by Gasteiger charge is -2.34. The van der Waals surface area contributed by atoms with E-state index in [1.807, 2.05) is 54.6 Å². The number of hydrogen-bond acceptors (Lipinski definition) is 3. The molecule has 5 nitrogen and oxygen atoms in total. The van der Waals surface area contributed by atoms with Crippen LogP contribution in [0.4, 0.5) is 5.69 Å². The number of benzene rings is 2. The first-order valence-electron chi connectivity index (χ1n) is 9.67. The Morgan fingerprint density at radius 3 is 2.22 bits per heavy atom. The van der Waals surface area contributed by atoms with Crippen molar-refractivity contribution < 1.29 is 9.59 Å². The lowest BCUT2D eigenvalue weighted by atomic mass is 10.1. The van der Waals surface area contributed by atoms with Gasteiger partial charge in [-0.1, -0.05) is 30.3 Å². The standard InChI is InChI=1S/C22H25N3O2/c26-21-17-24(14-15-25(21)20-6-2-1-3-7-20)22(27)19-10-8-18(9-11-19)16-23-12-4-5-13-23/h1-3,6-11H,4-5,12-17H2. The molecular formula is C22H25N3O2. The van der Waals surface area contributed by atoms with Crippen molar-refractivity contribution in [1.29, 1.82) is 0 Å². The molecule has 2 saturated heterocycles. The SMILES string of the molecule is O=C(c1ccc(CN2CCCC2)cc1)N1CCN(c2ccccc2)C(=O)C1. The van der Waals surface area contributed by atoms with Crippen molar-refractivity contribution in [3.05, 3.63) is 65.7 Å². The Kier molecular flexibility index (Phi) is 5.21. The minimum atomic E-state index is -0.0659.